The summed E-state index contributed by atoms with van der Waals surface area (Å²) < 4.78 is 5.23. The molecule has 2 unspecified atom stereocenters. The average Bonchev–Trinajstić information content (AvgIpc) is 2.94. The number of nitriles is 1. The van der Waals surface area contributed by atoms with Crippen molar-refractivity contribution in [1.82, 2.24) is 5.32 Å². The minimum atomic E-state index is 0.101. The van der Waals surface area contributed by atoms with Crippen molar-refractivity contribution in [2.45, 2.75) is 39.3 Å². The molecule has 0 spiro atoms. The number of rotatable bonds is 5. The molecule has 0 aliphatic heterocycles. The predicted molar refractivity (Wildman–Crippen MR) is 71.3 cm³/mol. The Labute approximate surface area is 109 Å². The third-order valence-corrected chi connectivity index (χ3v) is 3.65. The highest BCUT2D eigenvalue weighted by atomic mass is 16.5. The molecular formula is C15H20N2O. The van der Waals surface area contributed by atoms with Crippen molar-refractivity contribution >= 4 is 0 Å². The quantitative estimate of drug-likeness (QED) is 0.866. The van der Waals surface area contributed by atoms with E-state index in [4.69, 9.17) is 10.00 Å². The second-order valence-corrected chi connectivity index (χ2v) is 5.65. The summed E-state index contributed by atoms with van der Waals surface area (Å²) in [6.45, 7) is 6.86. The maximum atomic E-state index is 8.44. The summed E-state index contributed by atoms with van der Waals surface area (Å²) in [6, 6.07) is 10.9. The summed E-state index contributed by atoms with van der Waals surface area (Å²) in [4.78, 5) is 0. The fraction of sp³-hybridized carbons (Fsp3) is 0.533. The third kappa shape index (κ3) is 3.02. The average molecular weight is 244 g/mol. The number of nitrogens with one attached hydrogen (secondary N) is 1. The Hall–Kier alpha value is -1.53. The lowest BCUT2D eigenvalue weighted by molar-refractivity contribution is 0.368. The number of hydrogen-bond acceptors (Lipinski definition) is 3. The molecule has 18 heavy (non-hydrogen) atoms. The van der Waals surface area contributed by atoms with Crippen LogP contribution in [0.2, 0.25) is 0 Å². The monoisotopic (exact) mass is 244 g/mol. The molecule has 3 heteroatoms. The molecule has 1 aliphatic carbocycles. The molecule has 2 atom stereocenters. The molecule has 1 fully saturated rings. The number of nitrogens with zero attached hydrogens (tertiary/aromatic N) is 1. The van der Waals surface area contributed by atoms with Crippen molar-refractivity contribution < 1.29 is 4.74 Å². The van der Waals surface area contributed by atoms with E-state index in [0.717, 1.165) is 5.75 Å². The molecule has 1 saturated carbocycles. The molecule has 0 saturated heterocycles. The zero-order chi connectivity index (χ0) is 13.2. The van der Waals surface area contributed by atoms with Crippen molar-refractivity contribution in [3.8, 4) is 11.8 Å². The predicted octanol–water partition coefficient (Wildman–Crippen LogP) is 3.04. The highest BCUT2D eigenvalue weighted by molar-refractivity contribution is 5.29. The standard InChI is InChI=1S/C15H20N2O/c1-11(17-14-10-15(14,2)3)12-4-6-13(7-5-12)18-9-8-16/h4-7,11,14,17H,9-10H2,1-3H3. The molecule has 1 aromatic rings. The summed E-state index contributed by atoms with van der Waals surface area (Å²) in [6.07, 6.45) is 1.25. The van der Waals surface area contributed by atoms with Crippen LogP contribution in [0.5, 0.6) is 5.75 Å². The van der Waals surface area contributed by atoms with E-state index in [1.165, 1.54) is 12.0 Å². The molecule has 0 heterocycles. The van der Waals surface area contributed by atoms with Gasteiger partial charge in [-0.1, -0.05) is 26.0 Å². The van der Waals surface area contributed by atoms with Crippen LogP contribution in [0.4, 0.5) is 0 Å². The van der Waals surface area contributed by atoms with Gasteiger partial charge in [0.1, 0.15) is 11.8 Å². The molecule has 1 N–H and O–H groups in total. The van der Waals surface area contributed by atoms with Gasteiger partial charge in [-0.3, -0.25) is 0 Å². The van der Waals surface area contributed by atoms with Crippen molar-refractivity contribution in [2.24, 2.45) is 5.41 Å². The Morgan fingerprint density at radius 3 is 2.56 bits per heavy atom. The van der Waals surface area contributed by atoms with Crippen LogP contribution in [0.25, 0.3) is 0 Å². The van der Waals surface area contributed by atoms with Gasteiger partial charge in [-0.25, -0.2) is 0 Å². The van der Waals surface area contributed by atoms with Gasteiger partial charge in [-0.15, -0.1) is 0 Å². The maximum Gasteiger partial charge on any atom is 0.174 e. The number of benzene rings is 1. The van der Waals surface area contributed by atoms with Crippen molar-refractivity contribution in [2.75, 3.05) is 6.61 Å². The smallest absolute Gasteiger partial charge is 0.174 e. The van der Waals surface area contributed by atoms with E-state index >= 15 is 0 Å². The molecule has 0 radical (unpaired) electrons. The van der Waals surface area contributed by atoms with Crippen LogP contribution in [0, 0.1) is 16.7 Å². The molecule has 1 aliphatic rings. The summed E-state index contributed by atoms with van der Waals surface area (Å²) in [5, 5.41) is 12.1. The first-order valence-electron chi connectivity index (χ1n) is 6.39. The summed E-state index contributed by atoms with van der Waals surface area (Å²) in [7, 11) is 0. The van der Waals surface area contributed by atoms with Gasteiger partial charge in [0.2, 0.25) is 0 Å². The van der Waals surface area contributed by atoms with Gasteiger partial charge in [0.25, 0.3) is 0 Å². The Morgan fingerprint density at radius 1 is 1.44 bits per heavy atom. The Bertz CT molecular complexity index is 445. The number of hydrogen-bond donors (Lipinski definition) is 1. The summed E-state index contributed by atoms with van der Waals surface area (Å²) in [5.41, 5.74) is 1.70. The Balaban J connectivity index is 1.91. The van der Waals surface area contributed by atoms with Crippen LogP contribution in [-0.2, 0) is 0 Å². The molecule has 3 nitrogen and oxygen atoms in total. The zero-order valence-electron chi connectivity index (χ0n) is 11.2. The Kier molecular flexibility index (Phi) is 3.58. The highest BCUT2D eigenvalue weighted by Gasteiger charge is 2.45. The van der Waals surface area contributed by atoms with Crippen molar-refractivity contribution in [3.63, 3.8) is 0 Å². The minimum absolute atomic E-state index is 0.101. The summed E-state index contributed by atoms with van der Waals surface area (Å²) >= 11 is 0. The first-order chi connectivity index (χ1) is 8.53. The molecule has 2 rings (SSSR count). The van der Waals surface area contributed by atoms with Crippen LogP contribution in [-0.4, -0.2) is 12.6 Å². The van der Waals surface area contributed by atoms with Gasteiger partial charge in [0, 0.05) is 12.1 Å². The van der Waals surface area contributed by atoms with Gasteiger partial charge >= 0.3 is 0 Å². The Morgan fingerprint density at radius 2 is 2.06 bits per heavy atom. The SMILES string of the molecule is CC(NC1CC1(C)C)c1ccc(OCC#N)cc1. The second kappa shape index (κ2) is 4.99. The normalized spacial score (nSPS) is 22.0. The molecular weight excluding hydrogens is 224 g/mol. The maximum absolute atomic E-state index is 8.44. The van der Waals surface area contributed by atoms with Crippen molar-refractivity contribution in [1.29, 1.82) is 5.26 Å². The summed E-state index contributed by atoms with van der Waals surface area (Å²) in [5.74, 6) is 0.749. The van der Waals surface area contributed by atoms with E-state index in [1.54, 1.807) is 0 Å². The zero-order valence-corrected chi connectivity index (χ0v) is 11.2. The molecule has 0 aromatic heterocycles. The van der Waals surface area contributed by atoms with E-state index in [0.29, 0.717) is 17.5 Å². The van der Waals surface area contributed by atoms with E-state index in [-0.39, 0.29) is 6.61 Å². The van der Waals surface area contributed by atoms with Gasteiger partial charge < -0.3 is 10.1 Å². The van der Waals surface area contributed by atoms with Gasteiger partial charge in [-0.2, -0.15) is 5.26 Å². The van der Waals surface area contributed by atoms with E-state index in [1.807, 2.05) is 18.2 Å². The van der Waals surface area contributed by atoms with Crippen LogP contribution >= 0.6 is 0 Å². The first kappa shape index (κ1) is 12.9. The molecule has 0 amide bonds. The minimum Gasteiger partial charge on any atom is -0.479 e. The van der Waals surface area contributed by atoms with Crippen LogP contribution in [0.15, 0.2) is 24.3 Å². The van der Waals surface area contributed by atoms with Crippen molar-refractivity contribution in [3.05, 3.63) is 29.8 Å². The second-order valence-electron chi connectivity index (χ2n) is 5.65. The molecule has 1 aromatic carbocycles. The fourth-order valence-corrected chi connectivity index (χ4v) is 2.12. The molecule has 96 valence electrons. The first-order valence-corrected chi connectivity index (χ1v) is 6.39. The van der Waals surface area contributed by atoms with Gasteiger partial charge in [0.05, 0.1) is 0 Å². The van der Waals surface area contributed by atoms with Crippen LogP contribution in [0.3, 0.4) is 0 Å². The highest BCUT2D eigenvalue weighted by Crippen LogP contribution is 2.45. The van der Waals surface area contributed by atoms with Crippen LogP contribution < -0.4 is 10.1 Å². The van der Waals surface area contributed by atoms with Gasteiger partial charge in [0.15, 0.2) is 6.61 Å². The lowest BCUT2D eigenvalue weighted by Gasteiger charge is -2.16. The topological polar surface area (TPSA) is 45.0 Å². The van der Waals surface area contributed by atoms with E-state index in [9.17, 15) is 0 Å². The van der Waals surface area contributed by atoms with E-state index < -0.39 is 0 Å². The fourth-order valence-electron chi connectivity index (χ4n) is 2.12. The lowest BCUT2D eigenvalue weighted by atomic mass is 10.1. The van der Waals surface area contributed by atoms with Gasteiger partial charge in [-0.05, 0) is 36.5 Å². The lowest BCUT2D eigenvalue weighted by Crippen LogP contribution is -2.24. The van der Waals surface area contributed by atoms with Crippen LogP contribution in [0.1, 0.15) is 38.8 Å². The molecule has 0 bridgehead atoms. The number of ether oxygens (including phenoxy) is 1. The largest absolute Gasteiger partial charge is 0.479 e. The third-order valence-electron chi connectivity index (χ3n) is 3.65. The van der Waals surface area contributed by atoms with E-state index in [2.05, 4.69) is 38.2 Å².